The summed E-state index contributed by atoms with van der Waals surface area (Å²) in [6, 6.07) is 17.1. The molecule has 6 nitrogen and oxygen atoms in total. The van der Waals surface area contributed by atoms with Gasteiger partial charge in [0.05, 0.1) is 25.7 Å². The van der Waals surface area contributed by atoms with Gasteiger partial charge < -0.3 is 14.2 Å². The second-order valence-electron chi connectivity index (χ2n) is 8.58. The van der Waals surface area contributed by atoms with Crippen LogP contribution in [0, 0.1) is 20.8 Å². The van der Waals surface area contributed by atoms with E-state index in [-0.39, 0.29) is 6.54 Å². The predicted octanol–water partition coefficient (Wildman–Crippen LogP) is 5.46. The van der Waals surface area contributed by atoms with Gasteiger partial charge in [-0.15, -0.1) is 0 Å². The molecule has 3 rings (SSSR count). The second kappa shape index (κ2) is 11.6. The van der Waals surface area contributed by atoms with Crippen molar-refractivity contribution in [1.29, 1.82) is 0 Å². The highest BCUT2D eigenvalue weighted by molar-refractivity contribution is 7.89. The maximum atomic E-state index is 14.0. The smallest absolute Gasteiger partial charge is 0.243 e. The second-order valence-corrected chi connectivity index (χ2v) is 10.5. The van der Waals surface area contributed by atoms with Crippen LogP contribution in [0.15, 0.2) is 59.5 Å². The summed E-state index contributed by atoms with van der Waals surface area (Å²) in [7, 11) is -0.568. The maximum absolute atomic E-state index is 14.0. The van der Waals surface area contributed by atoms with Gasteiger partial charge >= 0.3 is 0 Å². The van der Waals surface area contributed by atoms with Gasteiger partial charge in [-0.3, -0.25) is 0 Å². The standard InChI is InChI=1S/C28H35NO5S/c1-7-34-25-11-8-24(9-12-25)19-29(15-14-23-10-13-26(32-5)27(18-23)33-6)35(30,31)28-21(3)16-20(2)17-22(28)4/h8-13,16-18H,7,14-15,19H2,1-6H3. The average Bonchev–Trinajstić information content (AvgIpc) is 2.81. The van der Waals surface area contributed by atoms with E-state index in [9.17, 15) is 8.42 Å². The van der Waals surface area contributed by atoms with Crippen LogP contribution in [-0.2, 0) is 23.0 Å². The number of ether oxygens (including phenoxy) is 3. The molecule has 0 aliphatic carbocycles. The Bertz CT molecular complexity index is 1230. The van der Waals surface area contributed by atoms with Crippen molar-refractivity contribution < 1.29 is 22.6 Å². The van der Waals surface area contributed by atoms with E-state index in [2.05, 4.69) is 0 Å². The van der Waals surface area contributed by atoms with Crippen molar-refractivity contribution in [2.75, 3.05) is 27.4 Å². The molecule has 0 bridgehead atoms. The summed E-state index contributed by atoms with van der Waals surface area (Å²) >= 11 is 0. The van der Waals surface area contributed by atoms with Crippen LogP contribution in [0.2, 0.25) is 0 Å². The Morgan fingerprint density at radius 1 is 0.800 bits per heavy atom. The van der Waals surface area contributed by atoms with Crippen LogP contribution in [0.4, 0.5) is 0 Å². The Kier molecular flexibility index (Phi) is 8.81. The first kappa shape index (κ1) is 26.6. The van der Waals surface area contributed by atoms with Gasteiger partial charge in [-0.2, -0.15) is 4.31 Å². The first-order valence-corrected chi connectivity index (χ1v) is 13.1. The Morgan fingerprint density at radius 2 is 1.40 bits per heavy atom. The average molecular weight is 498 g/mol. The lowest BCUT2D eigenvalue weighted by Crippen LogP contribution is -2.33. The molecule has 0 aromatic heterocycles. The monoisotopic (exact) mass is 497 g/mol. The number of rotatable bonds is 11. The van der Waals surface area contributed by atoms with Gasteiger partial charge in [0, 0.05) is 13.1 Å². The Labute approximate surface area is 209 Å². The third kappa shape index (κ3) is 6.35. The molecule has 0 heterocycles. The Hall–Kier alpha value is -3.03. The first-order chi connectivity index (χ1) is 16.7. The summed E-state index contributed by atoms with van der Waals surface area (Å²) in [6.07, 6.45) is 0.528. The number of nitrogens with zero attached hydrogens (tertiary/aromatic N) is 1. The number of hydrogen-bond acceptors (Lipinski definition) is 5. The molecule has 0 unspecified atom stereocenters. The highest BCUT2D eigenvalue weighted by Gasteiger charge is 2.28. The normalized spacial score (nSPS) is 11.5. The van der Waals surface area contributed by atoms with E-state index < -0.39 is 10.0 Å². The molecule has 0 atom stereocenters. The van der Waals surface area contributed by atoms with Crippen molar-refractivity contribution >= 4 is 10.0 Å². The summed E-state index contributed by atoms with van der Waals surface area (Å²) in [6.45, 7) is 8.78. The van der Waals surface area contributed by atoms with Crippen molar-refractivity contribution in [3.63, 3.8) is 0 Å². The van der Waals surface area contributed by atoms with E-state index in [0.717, 1.165) is 33.6 Å². The van der Waals surface area contributed by atoms with Gasteiger partial charge in [0.15, 0.2) is 11.5 Å². The third-order valence-electron chi connectivity index (χ3n) is 5.89. The fraction of sp³-hybridized carbons (Fsp3) is 0.357. The lowest BCUT2D eigenvalue weighted by Gasteiger charge is -2.25. The maximum Gasteiger partial charge on any atom is 0.243 e. The first-order valence-electron chi connectivity index (χ1n) is 11.7. The quantitative estimate of drug-likeness (QED) is 0.352. The van der Waals surface area contributed by atoms with Gasteiger partial charge in [0.2, 0.25) is 10.0 Å². The van der Waals surface area contributed by atoms with Crippen LogP contribution >= 0.6 is 0 Å². The zero-order valence-electron chi connectivity index (χ0n) is 21.4. The molecule has 0 saturated heterocycles. The molecule has 0 radical (unpaired) electrons. The predicted molar refractivity (Wildman–Crippen MR) is 139 cm³/mol. The molecule has 7 heteroatoms. The van der Waals surface area contributed by atoms with E-state index in [1.165, 1.54) is 0 Å². The lowest BCUT2D eigenvalue weighted by molar-refractivity contribution is 0.340. The molecular formula is C28H35NO5S. The van der Waals surface area contributed by atoms with Crippen LogP contribution in [0.5, 0.6) is 17.2 Å². The molecule has 0 N–H and O–H groups in total. The van der Waals surface area contributed by atoms with Gasteiger partial charge in [-0.25, -0.2) is 8.42 Å². The van der Waals surface area contributed by atoms with Crippen LogP contribution in [0.1, 0.15) is 34.7 Å². The summed E-state index contributed by atoms with van der Waals surface area (Å²) < 4.78 is 45.8. The molecule has 0 aliphatic heterocycles. The lowest BCUT2D eigenvalue weighted by atomic mass is 10.1. The largest absolute Gasteiger partial charge is 0.494 e. The van der Waals surface area contributed by atoms with Crippen molar-refractivity contribution in [3.05, 3.63) is 82.4 Å². The number of sulfonamides is 1. The van der Waals surface area contributed by atoms with Gasteiger partial charge in [0.1, 0.15) is 5.75 Å². The summed E-state index contributed by atoms with van der Waals surface area (Å²) in [4.78, 5) is 0.376. The van der Waals surface area contributed by atoms with Crippen LogP contribution in [0.25, 0.3) is 0 Å². The molecule has 0 spiro atoms. The number of hydrogen-bond donors (Lipinski definition) is 0. The van der Waals surface area contributed by atoms with Crippen LogP contribution < -0.4 is 14.2 Å². The highest BCUT2D eigenvalue weighted by Crippen LogP contribution is 2.30. The van der Waals surface area contributed by atoms with Crippen LogP contribution in [-0.4, -0.2) is 40.1 Å². The van der Waals surface area contributed by atoms with Gasteiger partial charge in [-0.1, -0.05) is 35.9 Å². The molecule has 3 aromatic carbocycles. The summed E-state index contributed by atoms with van der Waals surface area (Å²) in [5.41, 5.74) is 4.41. The minimum atomic E-state index is -3.75. The Morgan fingerprint density at radius 3 is 1.97 bits per heavy atom. The minimum Gasteiger partial charge on any atom is -0.494 e. The summed E-state index contributed by atoms with van der Waals surface area (Å²) in [5.74, 6) is 2.03. The van der Waals surface area contributed by atoms with E-state index in [1.807, 2.05) is 82.3 Å². The highest BCUT2D eigenvalue weighted by atomic mass is 32.2. The fourth-order valence-electron chi connectivity index (χ4n) is 4.34. The van der Waals surface area contributed by atoms with E-state index in [4.69, 9.17) is 14.2 Å². The van der Waals surface area contributed by atoms with Crippen molar-refractivity contribution in [2.24, 2.45) is 0 Å². The number of methoxy groups -OCH3 is 2. The van der Waals surface area contributed by atoms with E-state index >= 15 is 0 Å². The number of aryl methyl sites for hydroxylation is 3. The third-order valence-corrected chi connectivity index (χ3v) is 8.05. The molecule has 188 valence electrons. The Balaban J connectivity index is 1.95. The van der Waals surface area contributed by atoms with Crippen molar-refractivity contribution in [3.8, 4) is 17.2 Å². The van der Waals surface area contributed by atoms with E-state index in [1.54, 1.807) is 18.5 Å². The zero-order chi connectivity index (χ0) is 25.6. The molecule has 0 saturated carbocycles. The molecule has 3 aromatic rings. The minimum absolute atomic E-state index is 0.259. The molecule has 0 aliphatic rings. The number of benzene rings is 3. The van der Waals surface area contributed by atoms with Gasteiger partial charge in [-0.05, 0) is 80.6 Å². The van der Waals surface area contributed by atoms with Crippen LogP contribution in [0.3, 0.4) is 0 Å². The molecule has 0 fully saturated rings. The van der Waals surface area contributed by atoms with Gasteiger partial charge in [0.25, 0.3) is 0 Å². The van der Waals surface area contributed by atoms with Crippen molar-refractivity contribution in [1.82, 2.24) is 4.31 Å². The van der Waals surface area contributed by atoms with Crippen molar-refractivity contribution in [2.45, 2.75) is 45.6 Å². The fourth-order valence-corrected chi connectivity index (χ4v) is 6.18. The van der Waals surface area contributed by atoms with E-state index in [0.29, 0.717) is 36.0 Å². The molecule has 0 amide bonds. The topological polar surface area (TPSA) is 65.1 Å². The summed E-state index contributed by atoms with van der Waals surface area (Å²) in [5, 5.41) is 0. The molecular weight excluding hydrogens is 462 g/mol. The zero-order valence-corrected chi connectivity index (χ0v) is 22.2. The molecule has 35 heavy (non-hydrogen) atoms. The SMILES string of the molecule is CCOc1ccc(CN(CCc2ccc(OC)c(OC)c2)S(=O)(=O)c2c(C)cc(C)cc2C)cc1.